The third kappa shape index (κ3) is 2.90. The summed E-state index contributed by atoms with van der Waals surface area (Å²) in [4.78, 5) is 22.8. The third-order valence-corrected chi connectivity index (χ3v) is 3.75. The minimum Gasteiger partial charge on any atom is -0.465 e. The van der Waals surface area contributed by atoms with Crippen molar-refractivity contribution in [1.82, 2.24) is 14.8 Å². The monoisotopic (exact) mass is 297 g/mol. The van der Waals surface area contributed by atoms with Crippen molar-refractivity contribution in [1.29, 1.82) is 0 Å². The Labute approximate surface area is 118 Å². The summed E-state index contributed by atoms with van der Waals surface area (Å²) in [6.45, 7) is 0. The van der Waals surface area contributed by atoms with Crippen LogP contribution >= 0.6 is 11.8 Å². The van der Waals surface area contributed by atoms with Crippen LogP contribution in [0.15, 0.2) is 28.2 Å². The number of methoxy groups -OCH3 is 1. The van der Waals surface area contributed by atoms with Crippen molar-refractivity contribution in [3.05, 3.63) is 45.6 Å². The Morgan fingerprint density at radius 1 is 1.55 bits per heavy atom. The normalized spacial score (nSPS) is 10.6. The maximum absolute atomic E-state index is 13.2. The van der Waals surface area contributed by atoms with Gasteiger partial charge in [-0.1, -0.05) is 17.8 Å². The molecule has 0 aliphatic heterocycles. The average Bonchev–Trinajstić information content (AvgIpc) is 2.76. The standard InChI is InChI=1S/C12H12FN3O3S/c1-16-11(18)14-15-12(16)20-6-7-3-4-8(13)5-9(7)10(17)19-2/h3-5H,6H2,1-2H3,(H,14,18). The molecule has 0 atom stereocenters. The van der Waals surface area contributed by atoms with Gasteiger partial charge in [-0.15, -0.1) is 5.10 Å². The molecule has 1 aromatic carbocycles. The molecule has 1 N–H and O–H groups in total. The number of carbonyl (C=O) groups excluding carboxylic acids is 1. The van der Waals surface area contributed by atoms with Crippen molar-refractivity contribution in [2.24, 2.45) is 7.05 Å². The van der Waals surface area contributed by atoms with Gasteiger partial charge in [0.05, 0.1) is 12.7 Å². The van der Waals surface area contributed by atoms with Crippen molar-refractivity contribution in [2.45, 2.75) is 10.9 Å². The number of nitrogens with one attached hydrogen (secondary N) is 1. The lowest BCUT2D eigenvalue weighted by atomic mass is 10.1. The summed E-state index contributed by atoms with van der Waals surface area (Å²) in [5.41, 5.74) is 0.457. The Hall–Kier alpha value is -2.09. The van der Waals surface area contributed by atoms with E-state index < -0.39 is 11.8 Å². The molecule has 0 radical (unpaired) electrons. The van der Waals surface area contributed by atoms with Gasteiger partial charge >= 0.3 is 11.7 Å². The number of aromatic amines is 1. The van der Waals surface area contributed by atoms with E-state index in [0.29, 0.717) is 16.5 Å². The van der Waals surface area contributed by atoms with Crippen molar-refractivity contribution in [3.63, 3.8) is 0 Å². The van der Waals surface area contributed by atoms with Gasteiger partial charge in [-0.3, -0.25) is 4.57 Å². The summed E-state index contributed by atoms with van der Waals surface area (Å²) < 4.78 is 19.2. The lowest BCUT2D eigenvalue weighted by Crippen LogP contribution is -2.13. The zero-order valence-electron chi connectivity index (χ0n) is 10.8. The molecule has 106 valence electrons. The zero-order valence-corrected chi connectivity index (χ0v) is 11.7. The van der Waals surface area contributed by atoms with Crippen LogP contribution in [-0.2, 0) is 17.5 Å². The van der Waals surface area contributed by atoms with E-state index in [1.807, 2.05) is 0 Å². The van der Waals surface area contributed by atoms with E-state index in [9.17, 15) is 14.0 Å². The zero-order chi connectivity index (χ0) is 14.7. The van der Waals surface area contributed by atoms with E-state index in [0.717, 1.165) is 6.07 Å². The van der Waals surface area contributed by atoms with E-state index in [1.54, 1.807) is 7.05 Å². The number of esters is 1. The molecule has 8 heteroatoms. The summed E-state index contributed by atoms with van der Waals surface area (Å²) in [5, 5.41) is 6.64. The lowest BCUT2D eigenvalue weighted by Gasteiger charge is -2.07. The third-order valence-electron chi connectivity index (χ3n) is 2.67. The number of hydrogen-bond donors (Lipinski definition) is 1. The van der Waals surface area contributed by atoms with E-state index in [2.05, 4.69) is 14.9 Å². The molecule has 0 amide bonds. The van der Waals surface area contributed by atoms with Gasteiger partial charge in [-0.2, -0.15) is 0 Å². The highest BCUT2D eigenvalue weighted by molar-refractivity contribution is 7.98. The van der Waals surface area contributed by atoms with Crippen LogP contribution in [0.25, 0.3) is 0 Å². The molecule has 0 saturated heterocycles. The summed E-state index contributed by atoms with van der Waals surface area (Å²) >= 11 is 1.26. The number of hydrogen-bond acceptors (Lipinski definition) is 5. The fourth-order valence-electron chi connectivity index (χ4n) is 1.58. The molecule has 1 heterocycles. The second-order valence-corrected chi connectivity index (χ2v) is 4.89. The Morgan fingerprint density at radius 2 is 2.30 bits per heavy atom. The van der Waals surface area contributed by atoms with Crippen molar-refractivity contribution < 1.29 is 13.9 Å². The molecule has 20 heavy (non-hydrogen) atoms. The Kier molecular flexibility index (Phi) is 4.23. The first-order valence-corrected chi connectivity index (χ1v) is 6.62. The molecule has 0 aliphatic carbocycles. The summed E-state index contributed by atoms with van der Waals surface area (Å²) in [5.74, 6) is -0.745. The number of benzene rings is 1. The number of carbonyl (C=O) groups is 1. The van der Waals surface area contributed by atoms with Gasteiger partial charge in [0.25, 0.3) is 0 Å². The minimum absolute atomic E-state index is 0.167. The van der Waals surface area contributed by atoms with E-state index >= 15 is 0 Å². The first-order chi connectivity index (χ1) is 9.52. The molecule has 0 aliphatic rings. The second-order valence-electron chi connectivity index (χ2n) is 3.95. The van der Waals surface area contributed by atoms with Gasteiger partial charge < -0.3 is 4.74 Å². The van der Waals surface area contributed by atoms with E-state index in [1.165, 1.54) is 35.6 Å². The van der Waals surface area contributed by atoms with E-state index in [4.69, 9.17) is 0 Å². The molecular formula is C12H12FN3O3S. The fraction of sp³-hybridized carbons (Fsp3) is 0.250. The summed E-state index contributed by atoms with van der Waals surface area (Å²) in [6.07, 6.45) is 0. The predicted octanol–water partition coefficient (Wildman–Crippen LogP) is 1.33. The van der Waals surface area contributed by atoms with Gasteiger partial charge in [0.2, 0.25) is 0 Å². The number of ether oxygens (including phenoxy) is 1. The number of aromatic nitrogens is 3. The topological polar surface area (TPSA) is 77.0 Å². The molecular weight excluding hydrogens is 285 g/mol. The van der Waals surface area contributed by atoms with Crippen molar-refractivity contribution in [3.8, 4) is 0 Å². The maximum Gasteiger partial charge on any atom is 0.343 e. The van der Waals surface area contributed by atoms with Gasteiger partial charge in [-0.05, 0) is 17.7 Å². The highest BCUT2D eigenvalue weighted by Gasteiger charge is 2.14. The fourth-order valence-corrected chi connectivity index (χ4v) is 2.50. The Balaban J connectivity index is 2.23. The number of nitrogens with zero attached hydrogens (tertiary/aromatic N) is 2. The number of rotatable bonds is 4. The average molecular weight is 297 g/mol. The van der Waals surface area contributed by atoms with Crippen LogP contribution in [0.1, 0.15) is 15.9 Å². The maximum atomic E-state index is 13.2. The molecule has 0 spiro atoms. The molecule has 2 aromatic rings. The number of H-pyrrole nitrogens is 1. The van der Waals surface area contributed by atoms with Crippen LogP contribution < -0.4 is 5.69 Å². The highest BCUT2D eigenvalue weighted by Crippen LogP contribution is 2.22. The van der Waals surface area contributed by atoms with Crippen LogP contribution in [0.4, 0.5) is 4.39 Å². The van der Waals surface area contributed by atoms with Gasteiger partial charge in [-0.25, -0.2) is 19.1 Å². The molecule has 0 unspecified atom stereocenters. The smallest absolute Gasteiger partial charge is 0.343 e. The summed E-state index contributed by atoms with van der Waals surface area (Å²) in [7, 11) is 2.82. The van der Waals surface area contributed by atoms with Gasteiger partial charge in [0.1, 0.15) is 5.82 Å². The van der Waals surface area contributed by atoms with Crippen molar-refractivity contribution in [2.75, 3.05) is 7.11 Å². The first-order valence-electron chi connectivity index (χ1n) is 5.64. The molecule has 6 nitrogen and oxygen atoms in total. The predicted molar refractivity (Wildman–Crippen MR) is 71.1 cm³/mol. The molecule has 0 bridgehead atoms. The van der Waals surface area contributed by atoms with Crippen LogP contribution in [-0.4, -0.2) is 27.8 Å². The minimum atomic E-state index is -0.601. The van der Waals surface area contributed by atoms with Gasteiger partial charge in [0, 0.05) is 12.8 Å². The van der Waals surface area contributed by atoms with Crippen LogP contribution in [0.2, 0.25) is 0 Å². The SMILES string of the molecule is COC(=O)c1cc(F)ccc1CSc1n[nH]c(=O)n1C. The largest absolute Gasteiger partial charge is 0.465 e. The molecule has 0 saturated carbocycles. The molecule has 1 aromatic heterocycles. The van der Waals surface area contributed by atoms with E-state index in [-0.39, 0.29) is 11.3 Å². The van der Waals surface area contributed by atoms with Gasteiger partial charge in [0.15, 0.2) is 5.16 Å². The number of thioether (sulfide) groups is 1. The lowest BCUT2D eigenvalue weighted by molar-refractivity contribution is 0.0599. The highest BCUT2D eigenvalue weighted by atomic mass is 32.2. The quantitative estimate of drug-likeness (QED) is 0.680. The Morgan fingerprint density at radius 3 is 2.90 bits per heavy atom. The number of halogens is 1. The van der Waals surface area contributed by atoms with Crippen LogP contribution in [0.5, 0.6) is 0 Å². The van der Waals surface area contributed by atoms with Crippen molar-refractivity contribution >= 4 is 17.7 Å². The second kappa shape index (κ2) is 5.91. The molecule has 0 fully saturated rings. The summed E-state index contributed by atoms with van der Waals surface area (Å²) in [6, 6.07) is 3.91. The van der Waals surface area contributed by atoms with Crippen LogP contribution in [0, 0.1) is 5.82 Å². The molecule has 2 rings (SSSR count). The first kappa shape index (κ1) is 14.3. The Bertz CT molecular complexity index is 695. The van der Waals surface area contributed by atoms with Crippen LogP contribution in [0.3, 0.4) is 0 Å².